The number of rotatable bonds is 5. The first-order valence-electron chi connectivity index (χ1n) is 7.27. The molecule has 2 nitrogen and oxygen atoms in total. The van der Waals surface area contributed by atoms with Gasteiger partial charge in [-0.25, -0.2) is 0 Å². The molecule has 0 aliphatic carbocycles. The highest BCUT2D eigenvalue weighted by molar-refractivity contribution is 9.10. The van der Waals surface area contributed by atoms with Gasteiger partial charge in [-0.3, -0.25) is 0 Å². The average molecular weight is 347 g/mol. The molecule has 2 rings (SSSR count). The second kappa shape index (κ2) is 7.10. The van der Waals surface area contributed by atoms with Crippen LogP contribution in [0.2, 0.25) is 0 Å². The van der Waals surface area contributed by atoms with Crippen molar-refractivity contribution in [3.63, 3.8) is 0 Å². The maximum absolute atomic E-state index is 5.88. The summed E-state index contributed by atoms with van der Waals surface area (Å²) in [6.07, 6.45) is 0.926. The first kappa shape index (κ1) is 16.1. The third kappa shape index (κ3) is 4.32. The summed E-state index contributed by atoms with van der Waals surface area (Å²) in [6.45, 7) is 5.09. The van der Waals surface area contributed by atoms with E-state index >= 15 is 0 Å². The summed E-state index contributed by atoms with van der Waals surface area (Å²) < 4.78 is 1.16. The monoisotopic (exact) mass is 346 g/mol. The Kier molecular flexibility index (Phi) is 5.43. The molecule has 3 heteroatoms. The second-order valence-corrected chi connectivity index (χ2v) is 6.60. The van der Waals surface area contributed by atoms with Crippen molar-refractivity contribution in [2.75, 3.05) is 11.9 Å². The van der Waals surface area contributed by atoms with E-state index in [9.17, 15) is 0 Å². The van der Waals surface area contributed by atoms with Gasteiger partial charge in [-0.1, -0.05) is 46.3 Å². The van der Waals surface area contributed by atoms with E-state index < -0.39 is 0 Å². The van der Waals surface area contributed by atoms with Gasteiger partial charge in [0.05, 0.1) is 0 Å². The van der Waals surface area contributed by atoms with E-state index in [1.54, 1.807) is 0 Å². The lowest BCUT2D eigenvalue weighted by atomic mass is 10.0. The predicted molar refractivity (Wildman–Crippen MR) is 94.8 cm³/mol. The molecule has 2 N–H and O–H groups in total. The molecule has 2 aromatic carbocycles. The summed E-state index contributed by atoms with van der Waals surface area (Å²) >= 11 is 3.61. The fourth-order valence-electron chi connectivity index (χ4n) is 2.61. The fourth-order valence-corrected chi connectivity index (χ4v) is 3.02. The lowest BCUT2D eigenvalue weighted by Crippen LogP contribution is -2.19. The molecule has 0 radical (unpaired) electrons. The molecule has 0 amide bonds. The fraction of sp³-hybridized carbons (Fsp3) is 0.333. The van der Waals surface area contributed by atoms with Crippen LogP contribution in [0.25, 0.3) is 0 Å². The Morgan fingerprint density at radius 2 is 1.90 bits per heavy atom. The molecule has 0 fully saturated rings. The van der Waals surface area contributed by atoms with Crippen LogP contribution in [0.5, 0.6) is 0 Å². The van der Waals surface area contributed by atoms with Crippen molar-refractivity contribution >= 4 is 21.6 Å². The minimum Gasteiger partial charge on any atom is -0.370 e. The van der Waals surface area contributed by atoms with Crippen molar-refractivity contribution < 1.29 is 0 Å². The largest absolute Gasteiger partial charge is 0.370 e. The van der Waals surface area contributed by atoms with E-state index in [0.717, 1.165) is 17.4 Å². The number of nitrogens with zero attached hydrogens (tertiary/aromatic N) is 1. The molecule has 112 valence electrons. The normalized spacial score (nSPS) is 12.2. The van der Waals surface area contributed by atoms with Gasteiger partial charge in [0, 0.05) is 29.8 Å². The van der Waals surface area contributed by atoms with Crippen LogP contribution < -0.4 is 10.6 Å². The van der Waals surface area contributed by atoms with Gasteiger partial charge in [0.15, 0.2) is 0 Å². The Labute approximate surface area is 136 Å². The highest BCUT2D eigenvalue weighted by Crippen LogP contribution is 2.24. The molecular weight excluding hydrogens is 324 g/mol. The van der Waals surface area contributed by atoms with E-state index in [2.05, 4.69) is 71.2 Å². The zero-order valence-electron chi connectivity index (χ0n) is 12.9. The van der Waals surface area contributed by atoms with E-state index in [1.165, 1.54) is 22.4 Å². The van der Waals surface area contributed by atoms with Gasteiger partial charge in [0.1, 0.15) is 0 Å². The van der Waals surface area contributed by atoms with Crippen LogP contribution in [0.15, 0.2) is 46.9 Å². The summed E-state index contributed by atoms with van der Waals surface area (Å²) in [5.74, 6) is 0. The molecule has 21 heavy (non-hydrogen) atoms. The number of hydrogen-bond donors (Lipinski definition) is 1. The van der Waals surface area contributed by atoms with Crippen LogP contribution in [-0.4, -0.2) is 13.1 Å². The number of benzene rings is 2. The molecule has 0 spiro atoms. The molecular formula is C18H23BrN2. The quantitative estimate of drug-likeness (QED) is 0.875. The maximum atomic E-state index is 5.88. The summed E-state index contributed by atoms with van der Waals surface area (Å²) in [4.78, 5) is 2.28. The van der Waals surface area contributed by atoms with Crippen molar-refractivity contribution in [1.29, 1.82) is 0 Å². The van der Waals surface area contributed by atoms with Gasteiger partial charge < -0.3 is 10.6 Å². The van der Waals surface area contributed by atoms with Gasteiger partial charge >= 0.3 is 0 Å². The minimum atomic E-state index is 0.202. The maximum Gasteiger partial charge on any atom is 0.0437 e. The summed E-state index contributed by atoms with van der Waals surface area (Å²) in [5, 5.41) is 0. The van der Waals surface area contributed by atoms with Gasteiger partial charge in [-0.2, -0.15) is 0 Å². The summed E-state index contributed by atoms with van der Waals surface area (Å²) in [6, 6.07) is 15.2. The first-order valence-corrected chi connectivity index (χ1v) is 8.06. The number of aryl methyl sites for hydroxylation is 1. The Morgan fingerprint density at radius 3 is 2.52 bits per heavy atom. The van der Waals surface area contributed by atoms with Crippen LogP contribution in [-0.2, 0) is 13.0 Å². The zero-order valence-corrected chi connectivity index (χ0v) is 14.5. The van der Waals surface area contributed by atoms with Crippen molar-refractivity contribution in [1.82, 2.24) is 0 Å². The van der Waals surface area contributed by atoms with E-state index in [1.807, 2.05) is 13.0 Å². The molecule has 0 heterocycles. The first-order chi connectivity index (χ1) is 9.97. The SMILES string of the molecule is Cc1cc(CC(C)N)ccc1N(C)Cc1ccccc1Br. The van der Waals surface area contributed by atoms with Crippen molar-refractivity contribution in [3.8, 4) is 0 Å². The van der Waals surface area contributed by atoms with Gasteiger partial charge in [-0.15, -0.1) is 0 Å². The second-order valence-electron chi connectivity index (χ2n) is 5.75. The number of nitrogens with two attached hydrogens (primary N) is 1. The molecule has 0 aliphatic rings. The molecule has 0 bridgehead atoms. The van der Waals surface area contributed by atoms with Gasteiger partial charge in [0.2, 0.25) is 0 Å². The molecule has 1 atom stereocenters. The van der Waals surface area contributed by atoms with Gasteiger partial charge in [-0.05, 0) is 49.1 Å². The van der Waals surface area contributed by atoms with Crippen LogP contribution in [0.1, 0.15) is 23.6 Å². The summed E-state index contributed by atoms with van der Waals surface area (Å²) in [5.41, 5.74) is 11.0. The molecule has 1 unspecified atom stereocenters. The van der Waals surface area contributed by atoms with Crippen LogP contribution >= 0.6 is 15.9 Å². The Hall–Kier alpha value is -1.32. The third-order valence-corrected chi connectivity index (χ3v) is 4.37. The third-order valence-electron chi connectivity index (χ3n) is 3.60. The standard InChI is InChI=1S/C18H23BrN2/c1-13-10-15(11-14(2)20)8-9-18(13)21(3)12-16-6-4-5-7-17(16)19/h4-10,14H,11-12,20H2,1-3H3. The van der Waals surface area contributed by atoms with Crippen molar-refractivity contribution in [3.05, 3.63) is 63.6 Å². The molecule has 0 aromatic heterocycles. The molecule has 2 aromatic rings. The summed E-state index contributed by atoms with van der Waals surface area (Å²) in [7, 11) is 2.13. The topological polar surface area (TPSA) is 29.3 Å². The van der Waals surface area contributed by atoms with Crippen molar-refractivity contribution in [2.45, 2.75) is 32.9 Å². The number of hydrogen-bond acceptors (Lipinski definition) is 2. The van der Waals surface area contributed by atoms with E-state index in [4.69, 9.17) is 5.73 Å². The molecule has 0 aliphatic heterocycles. The molecule has 0 saturated carbocycles. The van der Waals surface area contributed by atoms with Crippen LogP contribution in [0.3, 0.4) is 0 Å². The Bertz CT molecular complexity index is 608. The van der Waals surface area contributed by atoms with Gasteiger partial charge in [0.25, 0.3) is 0 Å². The predicted octanol–water partition coefficient (Wildman–Crippen LogP) is 4.28. The highest BCUT2D eigenvalue weighted by atomic mass is 79.9. The van der Waals surface area contributed by atoms with E-state index in [-0.39, 0.29) is 6.04 Å². The Balaban J connectivity index is 2.16. The van der Waals surface area contributed by atoms with E-state index in [0.29, 0.717) is 0 Å². The highest BCUT2D eigenvalue weighted by Gasteiger charge is 2.08. The Morgan fingerprint density at radius 1 is 1.19 bits per heavy atom. The molecule has 0 saturated heterocycles. The number of halogens is 1. The lowest BCUT2D eigenvalue weighted by Gasteiger charge is -2.23. The lowest BCUT2D eigenvalue weighted by molar-refractivity contribution is 0.737. The minimum absolute atomic E-state index is 0.202. The average Bonchev–Trinajstić information content (AvgIpc) is 2.40. The zero-order chi connectivity index (χ0) is 15.4. The van der Waals surface area contributed by atoms with Crippen molar-refractivity contribution in [2.24, 2.45) is 5.73 Å². The smallest absolute Gasteiger partial charge is 0.0437 e. The van der Waals surface area contributed by atoms with Crippen LogP contribution in [0, 0.1) is 6.92 Å². The van der Waals surface area contributed by atoms with Crippen LogP contribution in [0.4, 0.5) is 5.69 Å². The number of anilines is 1.